The number of carbonyl (C=O) groups excluding carboxylic acids is 1. The van der Waals surface area contributed by atoms with Crippen LogP contribution in [0.4, 0.5) is 10.5 Å². The molecule has 1 heterocycles. The van der Waals surface area contributed by atoms with Gasteiger partial charge in [0.2, 0.25) is 0 Å². The van der Waals surface area contributed by atoms with Gasteiger partial charge in [0, 0.05) is 19.3 Å². The molecule has 0 saturated heterocycles. The minimum Gasteiger partial charge on any atom is -0.323 e. The highest BCUT2D eigenvalue weighted by Crippen LogP contribution is 2.29. The Kier molecular flexibility index (Phi) is 3.51. The zero-order valence-corrected chi connectivity index (χ0v) is 10.3. The molecule has 3 heteroatoms. The first kappa shape index (κ1) is 13.6. The molecule has 1 aromatic rings. The van der Waals surface area contributed by atoms with Gasteiger partial charge < -0.3 is 10.2 Å². The van der Waals surface area contributed by atoms with Crippen molar-refractivity contribution in [2.75, 3.05) is 12.4 Å². The smallest absolute Gasteiger partial charge is 0.321 e. The van der Waals surface area contributed by atoms with Gasteiger partial charge in [0.1, 0.15) is 0 Å². The maximum absolute atomic E-state index is 11.5. The number of amides is 2. The van der Waals surface area contributed by atoms with Gasteiger partial charge in [0.25, 0.3) is 0 Å². The SMILES string of the molecule is C.CN1Cc2cc(C(C)(C)C)ccc2NC1=O. The summed E-state index contributed by atoms with van der Waals surface area (Å²) < 4.78 is 0. The van der Waals surface area contributed by atoms with Crippen LogP contribution >= 0.6 is 0 Å². The average Bonchev–Trinajstić information content (AvgIpc) is 2.17. The number of urea groups is 1. The quantitative estimate of drug-likeness (QED) is 0.731. The normalized spacial score (nSPS) is 14.8. The van der Waals surface area contributed by atoms with Crippen molar-refractivity contribution in [3.63, 3.8) is 0 Å². The number of fused-ring (bicyclic) bond motifs is 1. The molecule has 1 aliphatic heterocycles. The van der Waals surface area contributed by atoms with Gasteiger partial charge in [0.15, 0.2) is 0 Å². The van der Waals surface area contributed by atoms with Gasteiger partial charge in [-0.05, 0) is 22.6 Å². The Bertz CT molecular complexity index is 432. The molecule has 0 spiro atoms. The molecular weight excluding hydrogens is 212 g/mol. The van der Waals surface area contributed by atoms with E-state index >= 15 is 0 Å². The van der Waals surface area contributed by atoms with Crippen LogP contribution in [0.25, 0.3) is 0 Å². The Morgan fingerprint density at radius 1 is 1.29 bits per heavy atom. The maximum Gasteiger partial charge on any atom is 0.321 e. The van der Waals surface area contributed by atoms with Crippen LogP contribution in [0.3, 0.4) is 0 Å². The molecule has 0 radical (unpaired) electrons. The summed E-state index contributed by atoms with van der Waals surface area (Å²) in [5.41, 5.74) is 3.58. The third kappa shape index (κ3) is 2.60. The first-order valence-electron chi connectivity index (χ1n) is 5.53. The molecule has 0 bridgehead atoms. The van der Waals surface area contributed by atoms with Crippen LogP contribution in [0.5, 0.6) is 0 Å². The second-order valence-electron chi connectivity index (χ2n) is 5.41. The Balaban J connectivity index is 0.00000144. The first-order valence-corrected chi connectivity index (χ1v) is 5.53. The molecule has 94 valence electrons. The van der Waals surface area contributed by atoms with Crippen molar-refractivity contribution >= 4 is 11.7 Å². The van der Waals surface area contributed by atoms with E-state index in [1.165, 1.54) is 11.1 Å². The fourth-order valence-corrected chi connectivity index (χ4v) is 1.85. The second kappa shape index (κ2) is 4.40. The topological polar surface area (TPSA) is 32.3 Å². The van der Waals surface area contributed by atoms with E-state index in [9.17, 15) is 4.79 Å². The lowest BCUT2D eigenvalue weighted by Gasteiger charge is -2.28. The lowest BCUT2D eigenvalue weighted by atomic mass is 9.85. The minimum absolute atomic E-state index is 0. The summed E-state index contributed by atoms with van der Waals surface area (Å²) in [6.07, 6.45) is 0. The van der Waals surface area contributed by atoms with E-state index in [1.807, 2.05) is 13.1 Å². The van der Waals surface area contributed by atoms with Crippen molar-refractivity contribution in [3.05, 3.63) is 29.3 Å². The zero-order valence-electron chi connectivity index (χ0n) is 10.3. The summed E-state index contributed by atoms with van der Waals surface area (Å²) in [5.74, 6) is 0. The van der Waals surface area contributed by atoms with E-state index < -0.39 is 0 Å². The van der Waals surface area contributed by atoms with Crippen molar-refractivity contribution in [3.8, 4) is 0 Å². The molecule has 1 N–H and O–H groups in total. The van der Waals surface area contributed by atoms with Gasteiger partial charge in [-0.1, -0.05) is 40.3 Å². The fourth-order valence-electron chi connectivity index (χ4n) is 1.85. The van der Waals surface area contributed by atoms with Crippen LogP contribution in [-0.2, 0) is 12.0 Å². The van der Waals surface area contributed by atoms with Crippen LogP contribution in [0, 0.1) is 0 Å². The summed E-state index contributed by atoms with van der Waals surface area (Å²) in [7, 11) is 1.81. The first-order chi connectivity index (χ1) is 7.38. The standard InChI is InChI=1S/C13H18N2O.CH4/c1-13(2,3)10-5-6-11-9(7-10)8-15(4)12(16)14-11;/h5-7H,8H2,1-4H3,(H,14,16);1H4. The van der Waals surface area contributed by atoms with E-state index in [2.05, 4.69) is 38.2 Å². The highest BCUT2D eigenvalue weighted by Gasteiger charge is 2.21. The van der Waals surface area contributed by atoms with E-state index in [-0.39, 0.29) is 18.9 Å². The molecule has 0 fully saturated rings. The van der Waals surface area contributed by atoms with Crippen molar-refractivity contribution in [1.29, 1.82) is 0 Å². The van der Waals surface area contributed by atoms with Gasteiger partial charge >= 0.3 is 6.03 Å². The fraction of sp³-hybridized carbons (Fsp3) is 0.500. The van der Waals surface area contributed by atoms with E-state index in [1.54, 1.807) is 4.90 Å². The van der Waals surface area contributed by atoms with Crippen molar-refractivity contribution in [2.45, 2.75) is 40.2 Å². The lowest BCUT2D eigenvalue weighted by molar-refractivity contribution is 0.218. The summed E-state index contributed by atoms with van der Waals surface area (Å²) >= 11 is 0. The number of anilines is 1. The number of benzene rings is 1. The molecule has 0 aliphatic carbocycles. The predicted molar refractivity (Wildman–Crippen MR) is 72.4 cm³/mol. The van der Waals surface area contributed by atoms with Crippen LogP contribution in [0.15, 0.2) is 18.2 Å². The number of nitrogens with one attached hydrogen (secondary N) is 1. The van der Waals surface area contributed by atoms with Crippen molar-refractivity contribution < 1.29 is 4.79 Å². The van der Waals surface area contributed by atoms with Crippen LogP contribution in [-0.4, -0.2) is 18.0 Å². The van der Waals surface area contributed by atoms with Gasteiger partial charge in [-0.15, -0.1) is 0 Å². The third-order valence-electron chi connectivity index (χ3n) is 2.97. The monoisotopic (exact) mass is 234 g/mol. The molecule has 17 heavy (non-hydrogen) atoms. The van der Waals surface area contributed by atoms with E-state index in [0.29, 0.717) is 6.54 Å². The molecule has 0 unspecified atom stereocenters. The number of rotatable bonds is 0. The number of carbonyl (C=O) groups is 1. The van der Waals surface area contributed by atoms with E-state index in [0.717, 1.165) is 5.69 Å². The Morgan fingerprint density at radius 2 is 1.94 bits per heavy atom. The molecular formula is C14H22N2O. The van der Waals surface area contributed by atoms with Crippen LogP contribution in [0.1, 0.15) is 39.3 Å². The maximum atomic E-state index is 11.5. The predicted octanol–water partition coefficient (Wildman–Crippen LogP) is 3.60. The second-order valence-corrected chi connectivity index (χ2v) is 5.41. The largest absolute Gasteiger partial charge is 0.323 e. The van der Waals surface area contributed by atoms with Crippen molar-refractivity contribution in [1.82, 2.24) is 4.90 Å². The summed E-state index contributed by atoms with van der Waals surface area (Å²) in [6.45, 7) is 7.27. The van der Waals surface area contributed by atoms with Crippen LogP contribution < -0.4 is 5.32 Å². The number of hydrogen-bond acceptors (Lipinski definition) is 1. The molecule has 0 saturated carbocycles. The molecule has 0 atom stereocenters. The zero-order chi connectivity index (χ0) is 11.9. The average molecular weight is 234 g/mol. The summed E-state index contributed by atoms with van der Waals surface area (Å²) in [6, 6.07) is 6.24. The van der Waals surface area contributed by atoms with Gasteiger partial charge in [-0.2, -0.15) is 0 Å². The minimum atomic E-state index is -0.0315. The molecule has 3 nitrogen and oxygen atoms in total. The summed E-state index contributed by atoms with van der Waals surface area (Å²) in [4.78, 5) is 13.1. The Morgan fingerprint density at radius 3 is 2.53 bits per heavy atom. The third-order valence-corrected chi connectivity index (χ3v) is 2.97. The highest BCUT2D eigenvalue weighted by atomic mass is 16.2. The molecule has 0 aromatic heterocycles. The Labute approximate surface area is 104 Å². The molecule has 2 rings (SSSR count). The van der Waals surface area contributed by atoms with Gasteiger partial charge in [0.05, 0.1) is 0 Å². The molecule has 1 aromatic carbocycles. The van der Waals surface area contributed by atoms with Crippen molar-refractivity contribution in [2.24, 2.45) is 0 Å². The highest BCUT2D eigenvalue weighted by molar-refractivity contribution is 5.92. The lowest BCUT2D eigenvalue weighted by Crippen LogP contribution is -2.35. The van der Waals surface area contributed by atoms with Gasteiger partial charge in [-0.3, -0.25) is 0 Å². The summed E-state index contributed by atoms with van der Waals surface area (Å²) in [5, 5.41) is 2.88. The Hall–Kier alpha value is -1.51. The molecule has 2 amide bonds. The number of hydrogen-bond donors (Lipinski definition) is 1. The van der Waals surface area contributed by atoms with Crippen LogP contribution in [0.2, 0.25) is 0 Å². The van der Waals surface area contributed by atoms with Gasteiger partial charge in [-0.25, -0.2) is 4.79 Å². The molecule has 1 aliphatic rings. The number of nitrogens with zero attached hydrogens (tertiary/aromatic N) is 1. The van der Waals surface area contributed by atoms with E-state index in [4.69, 9.17) is 0 Å².